The number of ether oxygens (including phenoxy) is 1. The van der Waals surface area contributed by atoms with Gasteiger partial charge in [-0.15, -0.1) is 11.3 Å². The first-order chi connectivity index (χ1) is 13.9. The summed E-state index contributed by atoms with van der Waals surface area (Å²) in [5.74, 6) is 0.0877. The maximum Gasteiger partial charge on any atom is 0.341 e. The van der Waals surface area contributed by atoms with Gasteiger partial charge in [-0.2, -0.15) is 0 Å². The lowest BCUT2D eigenvalue weighted by molar-refractivity contribution is -0.117. The van der Waals surface area contributed by atoms with Crippen LogP contribution in [0.5, 0.6) is 0 Å². The Kier molecular flexibility index (Phi) is 7.33. The van der Waals surface area contributed by atoms with Gasteiger partial charge in [0.15, 0.2) is 0 Å². The van der Waals surface area contributed by atoms with E-state index in [9.17, 15) is 9.59 Å². The summed E-state index contributed by atoms with van der Waals surface area (Å²) < 4.78 is 5.72. The van der Waals surface area contributed by atoms with Crippen molar-refractivity contribution in [2.45, 2.75) is 33.6 Å². The minimum absolute atomic E-state index is 0.140. The molecule has 7 heteroatoms. The van der Waals surface area contributed by atoms with E-state index in [0.29, 0.717) is 32.9 Å². The van der Waals surface area contributed by atoms with E-state index in [1.807, 2.05) is 31.2 Å². The first-order valence-corrected chi connectivity index (χ1v) is 11.2. The van der Waals surface area contributed by atoms with Crippen LogP contribution in [0.25, 0.3) is 11.1 Å². The van der Waals surface area contributed by atoms with Crippen molar-refractivity contribution in [2.75, 3.05) is 31.6 Å². The van der Waals surface area contributed by atoms with Gasteiger partial charge in [0.1, 0.15) is 14.9 Å². The number of esters is 1. The van der Waals surface area contributed by atoms with Crippen LogP contribution in [-0.4, -0.2) is 43.0 Å². The Balaban J connectivity index is 1.85. The number of piperidine rings is 1. The number of hydrogen-bond acceptors (Lipinski definition) is 5. The van der Waals surface area contributed by atoms with Gasteiger partial charge in [0.2, 0.25) is 5.91 Å². The maximum absolute atomic E-state index is 12.7. The monoisotopic (exact) mass is 434 g/mol. The summed E-state index contributed by atoms with van der Waals surface area (Å²) in [7, 11) is 0. The van der Waals surface area contributed by atoms with Crippen molar-refractivity contribution in [3.05, 3.63) is 39.7 Å². The number of aryl methyl sites for hydroxylation is 1. The number of likely N-dealkylation sites (tertiary alicyclic amines) is 1. The van der Waals surface area contributed by atoms with Gasteiger partial charge < -0.3 is 10.1 Å². The van der Waals surface area contributed by atoms with Crippen molar-refractivity contribution < 1.29 is 14.3 Å². The van der Waals surface area contributed by atoms with Crippen LogP contribution in [0, 0.1) is 12.8 Å². The van der Waals surface area contributed by atoms with Gasteiger partial charge in [-0.3, -0.25) is 9.69 Å². The number of carbonyl (C=O) groups is 2. The Bertz CT molecular complexity index is 871. The second-order valence-corrected chi connectivity index (χ2v) is 9.17. The molecule has 1 saturated heterocycles. The number of nitrogens with zero attached hydrogens (tertiary/aromatic N) is 1. The van der Waals surface area contributed by atoms with E-state index in [2.05, 4.69) is 17.1 Å². The van der Waals surface area contributed by atoms with Gasteiger partial charge in [-0.1, -0.05) is 48.4 Å². The first-order valence-electron chi connectivity index (χ1n) is 9.97. The number of anilines is 1. The summed E-state index contributed by atoms with van der Waals surface area (Å²) in [5, 5.41) is 3.35. The highest BCUT2D eigenvalue weighted by Gasteiger charge is 2.27. The van der Waals surface area contributed by atoms with E-state index >= 15 is 0 Å². The van der Waals surface area contributed by atoms with Crippen LogP contribution < -0.4 is 5.32 Å². The van der Waals surface area contributed by atoms with Crippen LogP contribution in [0.3, 0.4) is 0 Å². The zero-order chi connectivity index (χ0) is 21.0. The number of nitrogens with one attached hydrogen (secondary N) is 1. The fourth-order valence-electron chi connectivity index (χ4n) is 3.46. The standard InChI is InChI=1S/C22H27ClN2O3S/c1-4-28-22(27)19-18(16-7-5-14(2)6-8-16)20(23)29-21(19)24-17(26)13-25-11-9-15(3)10-12-25/h5-8,15H,4,9-13H2,1-3H3,(H,24,26). The van der Waals surface area contributed by atoms with E-state index in [1.165, 1.54) is 11.3 Å². The molecule has 3 rings (SSSR count). The van der Waals surface area contributed by atoms with E-state index in [0.717, 1.165) is 37.1 Å². The third-order valence-corrected chi connectivity index (χ3v) is 6.50. The Morgan fingerprint density at radius 3 is 2.52 bits per heavy atom. The van der Waals surface area contributed by atoms with Crippen LogP contribution in [0.2, 0.25) is 4.34 Å². The van der Waals surface area contributed by atoms with Crippen molar-refractivity contribution in [1.29, 1.82) is 0 Å². The molecule has 0 bridgehead atoms. The maximum atomic E-state index is 12.7. The van der Waals surface area contributed by atoms with Gasteiger partial charge in [-0.25, -0.2) is 4.79 Å². The molecule has 1 aromatic carbocycles. The number of thiophene rings is 1. The SMILES string of the molecule is CCOC(=O)c1c(NC(=O)CN2CCC(C)CC2)sc(Cl)c1-c1ccc(C)cc1. The second kappa shape index (κ2) is 9.74. The Morgan fingerprint density at radius 2 is 1.90 bits per heavy atom. The fraction of sp³-hybridized carbons (Fsp3) is 0.455. The first kappa shape index (κ1) is 21.8. The molecule has 0 saturated carbocycles. The number of amides is 1. The van der Waals surface area contributed by atoms with Crippen LogP contribution in [0.4, 0.5) is 5.00 Å². The van der Waals surface area contributed by atoms with Crippen LogP contribution in [0.15, 0.2) is 24.3 Å². The van der Waals surface area contributed by atoms with Gasteiger partial charge >= 0.3 is 5.97 Å². The largest absolute Gasteiger partial charge is 0.462 e. The number of hydrogen-bond donors (Lipinski definition) is 1. The topological polar surface area (TPSA) is 58.6 Å². The summed E-state index contributed by atoms with van der Waals surface area (Å²) in [6.07, 6.45) is 2.20. The van der Waals surface area contributed by atoms with Gasteiger partial charge in [-0.05, 0) is 51.3 Å². The Hall–Kier alpha value is -1.89. The zero-order valence-electron chi connectivity index (χ0n) is 17.1. The Labute approximate surface area is 181 Å². The molecule has 1 aliphatic heterocycles. The molecule has 1 aliphatic rings. The molecule has 0 atom stereocenters. The average molecular weight is 435 g/mol. The Morgan fingerprint density at radius 1 is 1.24 bits per heavy atom. The summed E-state index contributed by atoms with van der Waals surface area (Å²) in [5.41, 5.74) is 2.87. The molecule has 0 aliphatic carbocycles. The molecule has 1 fully saturated rings. The number of halogens is 1. The molecular weight excluding hydrogens is 408 g/mol. The highest BCUT2D eigenvalue weighted by Crippen LogP contribution is 2.44. The van der Waals surface area contributed by atoms with Gasteiger partial charge in [0, 0.05) is 5.56 Å². The van der Waals surface area contributed by atoms with Gasteiger partial charge in [0.05, 0.1) is 13.2 Å². The lowest BCUT2D eigenvalue weighted by atomic mass is 9.99. The smallest absolute Gasteiger partial charge is 0.341 e. The highest BCUT2D eigenvalue weighted by molar-refractivity contribution is 7.21. The van der Waals surface area contributed by atoms with Crippen LogP contribution >= 0.6 is 22.9 Å². The minimum Gasteiger partial charge on any atom is -0.462 e. The van der Waals surface area contributed by atoms with Crippen molar-refractivity contribution in [1.82, 2.24) is 4.90 Å². The third-order valence-electron chi connectivity index (χ3n) is 5.18. The quantitative estimate of drug-likeness (QED) is 0.633. The predicted molar refractivity (Wildman–Crippen MR) is 119 cm³/mol. The lowest BCUT2D eigenvalue weighted by Gasteiger charge is -2.29. The van der Waals surface area contributed by atoms with Crippen molar-refractivity contribution in [2.24, 2.45) is 5.92 Å². The van der Waals surface area contributed by atoms with E-state index in [-0.39, 0.29) is 12.5 Å². The molecule has 0 spiro atoms. The van der Waals surface area contributed by atoms with E-state index in [4.69, 9.17) is 16.3 Å². The number of carbonyl (C=O) groups excluding carboxylic acids is 2. The zero-order valence-corrected chi connectivity index (χ0v) is 18.7. The molecular formula is C22H27ClN2O3S. The molecule has 0 radical (unpaired) electrons. The molecule has 29 heavy (non-hydrogen) atoms. The predicted octanol–water partition coefficient (Wildman–Crippen LogP) is 5.22. The molecule has 1 N–H and O–H groups in total. The number of rotatable bonds is 6. The lowest BCUT2D eigenvalue weighted by Crippen LogP contribution is -2.38. The summed E-state index contributed by atoms with van der Waals surface area (Å²) >= 11 is 7.71. The number of benzene rings is 1. The molecule has 2 heterocycles. The molecule has 1 aromatic heterocycles. The summed E-state index contributed by atoms with van der Waals surface area (Å²) in [6, 6.07) is 7.78. The third kappa shape index (κ3) is 5.38. The van der Waals surface area contributed by atoms with Gasteiger partial charge in [0.25, 0.3) is 0 Å². The molecule has 5 nitrogen and oxygen atoms in total. The van der Waals surface area contributed by atoms with Crippen LogP contribution in [-0.2, 0) is 9.53 Å². The fourth-order valence-corrected chi connectivity index (χ4v) is 4.85. The summed E-state index contributed by atoms with van der Waals surface area (Å²) in [6.45, 7) is 8.39. The van der Waals surface area contributed by atoms with E-state index < -0.39 is 5.97 Å². The van der Waals surface area contributed by atoms with E-state index in [1.54, 1.807) is 6.92 Å². The molecule has 2 aromatic rings. The second-order valence-electron chi connectivity index (χ2n) is 7.55. The molecule has 0 unspecified atom stereocenters. The van der Waals surface area contributed by atoms with Crippen molar-refractivity contribution in [3.8, 4) is 11.1 Å². The minimum atomic E-state index is -0.478. The molecule has 156 valence electrons. The summed E-state index contributed by atoms with van der Waals surface area (Å²) in [4.78, 5) is 27.5. The van der Waals surface area contributed by atoms with Crippen molar-refractivity contribution >= 4 is 39.8 Å². The highest BCUT2D eigenvalue weighted by atomic mass is 35.5. The van der Waals surface area contributed by atoms with Crippen molar-refractivity contribution in [3.63, 3.8) is 0 Å². The normalized spacial score (nSPS) is 15.3. The average Bonchev–Trinajstić information content (AvgIpc) is 3.00. The molecule has 1 amide bonds. The van der Waals surface area contributed by atoms with Crippen LogP contribution in [0.1, 0.15) is 42.6 Å².